The molecule has 2 amide bonds. The highest BCUT2D eigenvalue weighted by molar-refractivity contribution is 5.96. The van der Waals surface area contributed by atoms with Gasteiger partial charge in [-0.1, -0.05) is 30.3 Å². The third kappa shape index (κ3) is 4.27. The van der Waals surface area contributed by atoms with Gasteiger partial charge < -0.3 is 0 Å². The van der Waals surface area contributed by atoms with Gasteiger partial charge in [0.25, 0.3) is 11.8 Å². The molecular weight excluding hydrogens is 306 g/mol. The molecule has 0 radical (unpaired) electrons. The monoisotopic (exact) mass is 325 g/mol. The van der Waals surface area contributed by atoms with E-state index in [1.54, 1.807) is 60.2 Å². The average molecular weight is 325 g/mol. The fourth-order valence-corrected chi connectivity index (χ4v) is 2.05. The zero-order chi connectivity index (χ0) is 17.5. The molecule has 0 aliphatic heterocycles. The second-order valence-corrected chi connectivity index (χ2v) is 5.42. The van der Waals surface area contributed by atoms with Crippen LogP contribution in [0, 0.1) is 0 Å². The highest BCUT2D eigenvalue weighted by Gasteiger charge is 2.17. The number of amides is 2. The van der Waals surface area contributed by atoms with Crippen molar-refractivity contribution >= 4 is 18.0 Å². The van der Waals surface area contributed by atoms with E-state index in [1.807, 2.05) is 19.9 Å². The van der Waals surface area contributed by atoms with Crippen LogP contribution in [0.2, 0.25) is 0 Å². The van der Waals surface area contributed by atoms with E-state index in [0.29, 0.717) is 11.1 Å². The lowest BCUT2D eigenvalue weighted by Gasteiger charge is -2.21. The first kappa shape index (κ1) is 17.4. The van der Waals surface area contributed by atoms with Crippen molar-refractivity contribution in [2.24, 2.45) is 5.10 Å². The van der Waals surface area contributed by atoms with Gasteiger partial charge in [0.05, 0.1) is 12.3 Å². The van der Waals surface area contributed by atoms with Crippen molar-refractivity contribution in [3.63, 3.8) is 0 Å². The Morgan fingerprint density at radius 1 is 1.04 bits per heavy atom. The minimum Gasteiger partial charge on any atom is -0.288 e. The van der Waals surface area contributed by atoms with Crippen LogP contribution in [-0.2, 0) is 0 Å². The summed E-state index contributed by atoms with van der Waals surface area (Å²) in [4.78, 5) is 23.8. The predicted molar refractivity (Wildman–Crippen MR) is 91.0 cm³/mol. The molecule has 0 heterocycles. The molecule has 2 aromatic rings. The summed E-state index contributed by atoms with van der Waals surface area (Å²) >= 11 is 0. The molecule has 2 aromatic carbocycles. The molecule has 0 atom stereocenters. The van der Waals surface area contributed by atoms with Gasteiger partial charge in [-0.15, -0.1) is 0 Å². The summed E-state index contributed by atoms with van der Waals surface area (Å²) in [6.07, 6.45) is 1.56. The summed E-state index contributed by atoms with van der Waals surface area (Å²) in [7, 11) is 0. The highest BCUT2D eigenvalue weighted by atomic mass is 16.5. The maximum atomic E-state index is 12.5. The van der Waals surface area contributed by atoms with Crippen molar-refractivity contribution in [2.75, 3.05) is 0 Å². The molecule has 0 aliphatic carbocycles. The molecule has 0 bridgehead atoms. The lowest BCUT2D eigenvalue weighted by Crippen LogP contribution is -2.32. The van der Waals surface area contributed by atoms with Crippen molar-refractivity contribution < 1.29 is 14.8 Å². The third-order valence-electron chi connectivity index (χ3n) is 3.32. The summed E-state index contributed by atoms with van der Waals surface area (Å²) in [5.74, 6) is -0.764. The first-order valence-corrected chi connectivity index (χ1v) is 7.50. The number of hydrogen-bond donors (Lipinski definition) is 2. The van der Waals surface area contributed by atoms with Crippen molar-refractivity contribution in [3.05, 3.63) is 71.3 Å². The standard InChI is InChI=1S/C18H19N3O3/c1-13(2)21(18(23)16-6-4-3-5-7-16)19-12-14-8-10-15(11-9-14)17(22)20-24/h3-13,24H,1-2H3,(H,20,22)/b19-12+. The molecule has 0 spiro atoms. The Morgan fingerprint density at radius 3 is 2.21 bits per heavy atom. The van der Waals surface area contributed by atoms with Gasteiger partial charge in [-0.2, -0.15) is 5.10 Å². The van der Waals surface area contributed by atoms with E-state index >= 15 is 0 Å². The van der Waals surface area contributed by atoms with Gasteiger partial charge in [-0.05, 0) is 43.7 Å². The largest absolute Gasteiger partial charge is 0.288 e. The van der Waals surface area contributed by atoms with Gasteiger partial charge in [0.1, 0.15) is 0 Å². The number of hydroxylamine groups is 1. The Bertz CT molecular complexity index is 725. The first-order valence-electron chi connectivity index (χ1n) is 7.50. The Kier molecular flexibility index (Phi) is 5.81. The molecule has 0 saturated heterocycles. The zero-order valence-corrected chi connectivity index (χ0v) is 13.5. The molecule has 0 saturated carbocycles. The second-order valence-electron chi connectivity index (χ2n) is 5.42. The molecule has 0 unspecified atom stereocenters. The fraction of sp³-hybridized carbons (Fsp3) is 0.167. The van der Waals surface area contributed by atoms with Gasteiger partial charge in [0.15, 0.2) is 0 Å². The molecule has 0 aromatic heterocycles. The van der Waals surface area contributed by atoms with Gasteiger partial charge >= 0.3 is 0 Å². The van der Waals surface area contributed by atoms with E-state index in [1.165, 1.54) is 5.01 Å². The summed E-state index contributed by atoms with van der Waals surface area (Å²) in [6, 6.07) is 15.3. The van der Waals surface area contributed by atoms with Gasteiger partial charge in [0.2, 0.25) is 0 Å². The maximum absolute atomic E-state index is 12.5. The van der Waals surface area contributed by atoms with Crippen molar-refractivity contribution in [1.82, 2.24) is 10.5 Å². The Labute approximate surface area is 140 Å². The molecule has 6 heteroatoms. The van der Waals surface area contributed by atoms with Crippen LogP contribution < -0.4 is 5.48 Å². The highest BCUT2D eigenvalue weighted by Crippen LogP contribution is 2.10. The molecule has 6 nitrogen and oxygen atoms in total. The van der Waals surface area contributed by atoms with E-state index in [9.17, 15) is 9.59 Å². The zero-order valence-electron chi connectivity index (χ0n) is 13.5. The number of nitrogens with zero attached hydrogens (tertiary/aromatic N) is 2. The third-order valence-corrected chi connectivity index (χ3v) is 3.32. The smallest absolute Gasteiger partial charge is 0.274 e. The van der Waals surface area contributed by atoms with E-state index < -0.39 is 5.91 Å². The van der Waals surface area contributed by atoms with Crippen LogP contribution >= 0.6 is 0 Å². The molecule has 2 rings (SSSR count). The van der Waals surface area contributed by atoms with Crippen LogP contribution in [0.15, 0.2) is 59.7 Å². The number of nitrogens with one attached hydrogen (secondary N) is 1. The van der Waals surface area contributed by atoms with E-state index in [0.717, 1.165) is 5.56 Å². The number of carbonyl (C=O) groups is 2. The van der Waals surface area contributed by atoms with Crippen molar-refractivity contribution in [3.8, 4) is 0 Å². The minimum absolute atomic E-state index is 0.103. The lowest BCUT2D eigenvalue weighted by atomic mass is 10.1. The summed E-state index contributed by atoms with van der Waals surface area (Å²) in [5, 5.41) is 14.3. The number of carbonyl (C=O) groups excluding carboxylic acids is 2. The average Bonchev–Trinajstić information content (AvgIpc) is 2.62. The van der Waals surface area contributed by atoms with E-state index in [2.05, 4.69) is 5.10 Å². The number of benzene rings is 2. The molecular formula is C18H19N3O3. The first-order chi connectivity index (χ1) is 11.5. The fourth-order valence-electron chi connectivity index (χ4n) is 2.05. The lowest BCUT2D eigenvalue weighted by molar-refractivity contribution is 0.0703. The minimum atomic E-state index is -0.582. The topological polar surface area (TPSA) is 82.0 Å². The summed E-state index contributed by atoms with van der Waals surface area (Å²) in [5.41, 5.74) is 3.20. The van der Waals surface area contributed by atoms with Gasteiger partial charge in [-0.25, -0.2) is 10.5 Å². The van der Waals surface area contributed by atoms with Gasteiger partial charge in [-0.3, -0.25) is 14.8 Å². The molecule has 24 heavy (non-hydrogen) atoms. The van der Waals surface area contributed by atoms with Crippen LogP contribution in [0.25, 0.3) is 0 Å². The molecule has 124 valence electrons. The maximum Gasteiger partial charge on any atom is 0.274 e. The van der Waals surface area contributed by atoms with E-state index in [4.69, 9.17) is 5.21 Å². The van der Waals surface area contributed by atoms with E-state index in [-0.39, 0.29) is 11.9 Å². The van der Waals surface area contributed by atoms with Crippen LogP contribution in [0.4, 0.5) is 0 Å². The molecule has 2 N–H and O–H groups in total. The summed E-state index contributed by atoms with van der Waals surface area (Å²) in [6.45, 7) is 3.76. The quantitative estimate of drug-likeness (QED) is 0.504. The van der Waals surface area contributed by atoms with Gasteiger partial charge in [0, 0.05) is 11.1 Å². The normalized spacial score (nSPS) is 10.8. The van der Waals surface area contributed by atoms with Crippen molar-refractivity contribution in [1.29, 1.82) is 0 Å². The van der Waals surface area contributed by atoms with Crippen LogP contribution in [0.1, 0.15) is 40.1 Å². The SMILES string of the molecule is CC(C)N(/N=C/c1ccc(C(=O)NO)cc1)C(=O)c1ccccc1. The van der Waals surface area contributed by atoms with Crippen LogP contribution in [-0.4, -0.2) is 34.3 Å². The number of hydrogen-bond acceptors (Lipinski definition) is 4. The Hall–Kier alpha value is -2.99. The molecule has 0 fully saturated rings. The number of rotatable bonds is 5. The Morgan fingerprint density at radius 2 is 1.67 bits per heavy atom. The molecule has 0 aliphatic rings. The summed E-state index contributed by atoms with van der Waals surface area (Å²) < 4.78 is 0. The van der Waals surface area contributed by atoms with Crippen LogP contribution in [0.5, 0.6) is 0 Å². The van der Waals surface area contributed by atoms with Crippen LogP contribution in [0.3, 0.4) is 0 Å². The Balaban J connectivity index is 2.17. The number of hydrazone groups is 1. The second kappa shape index (κ2) is 8.03. The predicted octanol–water partition coefficient (Wildman–Crippen LogP) is 2.69. The van der Waals surface area contributed by atoms with Crippen molar-refractivity contribution in [2.45, 2.75) is 19.9 Å².